The van der Waals surface area contributed by atoms with Crippen LogP contribution >= 0.6 is 0 Å². The molecule has 0 bridgehead atoms. The summed E-state index contributed by atoms with van der Waals surface area (Å²) in [6.07, 6.45) is 2.12. The first-order chi connectivity index (χ1) is 9.17. The van der Waals surface area contributed by atoms with Crippen molar-refractivity contribution in [3.05, 3.63) is 30.1 Å². The van der Waals surface area contributed by atoms with Gasteiger partial charge in [0.2, 0.25) is 5.91 Å². The second-order valence-electron chi connectivity index (χ2n) is 5.03. The Hall–Kier alpha value is -1.46. The van der Waals surface area contributed by atoms with Crippen LogP contribution in [0, 0.1) is 11.7 Å². The normalized spacial score (nSPS) is 19.6. The molecule has 5 heteroatoms. The van der Waals surface area contributed by atoms with Gasteiger partial charge in [0.25, 0.3) is 0 Å². The number of likely N-dealkylation sites (tertiary alicyclic amines) is 1. The Morgan fingerprint density at radius 3 is 3.11 bits per heavy atom. The minimum absolute atomic E-state index is 0.0981. The van der Waals surface area contributed by atoms with Gasteiger partial charge in [0.05, 0.1) is 6.54 Å². The van der Waals surface area contributed by atoms with Crippen molar-refractivity contribution in [2.24, 2.45) is 11.7 Å². The Morgan fingerprint density at radius 1 is 1.53 bits per heavy atom. The highest BCUT2D eigenvalue weighted by atomic mass is 19.1. The summed E-state index contributed by atoms with van der Waals surface area (Å²) in [4.78, 5) is 14.0. The Morgan fingerprint density at radius 2 is 2.37 bits per heavy atom. The molecule has 1 aliphatic heterocycles. The van der Waals surface area contributed by atoms with Crippen molar-refractivity contribution >= 4 is 11.6 Å². The predicted octanol–water partition coefficient (Wildman–Crippen LogP) is 1.43. The van der Waals surface area contributed by atoms with Crippen LogP contribution in [-0.2, 0) is 4.79 Å². The third-order valence-corrected chi connectivity index (χ3v) is 3.42. The molecule has 1 heterocycles. The SMILES string of the molecule is NCCC1CCN(CC(=O)Nc2cccc(F)c2)C1. The van der Waals surface area contributed by atoms with E-state index in [2.05, 4.69) is 10.2 Å². The first-order valence-electron chi connectivity index (χ1n) is 6.65. The quantitative estimate of drug-likeness (QED) is 0.847. The maximum atomic E-state index is 13.0. The number of hydrogen-bond acceptors (Lipinski definition) is 3. The van der Waals surface area contributed by atoms with Crippen LogP contribution in [0.3, 0.4) is 0 Å². The average molecular weight is 265 g/mol. The lowest BCUT2D eigenvalue weighted by atomic mass is 10.1. The van der Waals surface area contributed by atoms with Crippen LogP contribution in [0.2, 0.25) is 0 Å². The summed E-state index contributed by atoms with van der Waals surface area (Å²) in [6.45, 7) is 2.92. The molecule has 1 aliphatic rings. The van der Waals surface area contributed by atoms with E-state index >= 15 is 0 Å². The van der Waals surface area contributed by atoms with E-state index in [1.807, 2.05) is 0 Å². The second kappa shape index (κ2) is 6.63. The van der Waals surface area contributed by atoms with Gasteiger partial charge in [-0.15, -0.1) is 0 Å². The summed E-state index contributed by atoms with van der Waals surface area (Å²) >= 11 is 0. The molecule has 1 fully saturated rings. The van der Waals surface area contributed by atoms with E-state index in [-0.39, 0.29) is 11.7 Å². The van der Waals surface area contributed by atoms with Crippen LogP contribution in [0.25, 0.3) is 0 Å². The van der Waals surface area contributed by atoms with Crippen LogP contribution in [0.5, 0.6) is 0 Å². The molecule has 0 aliphatic carbocycles. The highest BCUT2D eigenvalue weighted by Gasteiger charge is 2.23. The van der Waals surface area contributed by atoms with Gasteiger partial charge in [0, 0.05) is 12.2 Å². The van der Waals surface area contributed by atoms with Crippen LogP contribution < -0.4 is 11.1 Å². The maximum absolute atomic E-state index is 13.0. The molecule has 1 aromatic carbocycles. The van der Waals surface area contributed by atoms with Gasteiger partial charge in [-0.05, 0) is 50.0 Å². The Balaban J connectivity index is 1.79. The molecular formula is C14H20FN3O. The standard InChI is InChI=1S/C14H20FN3O/c15-12-2-1-3-13(8-12)17-14(19)10-18-7-5-11(9-18)4-6-16/h1-3,8,11H,4-7,9-10,16H2,(H,17,19). The van der Waals surface area contributed by atoms with Gasteiger partial charge in [-0.3, -0.25) is 9.69 Å². The summed E-state index contributed by atoms with van der Waals surface area (Å²) in [7, 11) is 0. The maximum Gasteiger partial charge on any atom is 0.238 e. The number of hydrogen-bond donors (Lipinski definition) is 2. The van der Waals surface area contributed by atoms with Crippen molar-refractivity contribution in [2.45, 2.75) is 12.8 Å². The molecular weight excluding hydrogens is 245 g/mol. The number of halogens is 1. The number of rotatable bonds is 5. The molecule has 3 N–H and O–H groups in total. The Labute approximate surface area is 112 Å². The third kappa shape index (κ3) is 4.29. The third-order valence-electron chi connectivity index (χ3n) is 3.42. The number of nitrogens with one attached hydrogen (secondary N) is 1. The fourth-order valence-electron chi connectivity index (χ4n) is 2.50. The van der Waals surface area contributed by atoms with Crippen LogP contribution in [0.4, 0.5) is 10.1 Å². The number of anilines is 1. The van der Waals surface area contributed by atoms with E-state index in [0.29, 0.717) is 24.7 Å². The molecule has 104 valence electrons. The van der Waals surface area contributed by atoms with Crippen molar-refractivity contribution in [2.75, 3.05) is 31.5 Å². The number of benzene rings is 1. The molecule has 0 aromatic heterocycles. The number of carbonyl (C=O) groups excluding carboxylic acids is 1. The van der Waals surface area contributed by atoms with Gasteiger partial charge in [-0.2, -0.15) is 0 Å². The van der Waals surface area contributed by atoms with Gasteiger partial charge in [-0.25, -0.2) is 4.39 Å². The fraction of sp³-hybridized carbons (Fsp3) is 0.500. The molecule has 1 aromatic rings. The van der Waals surface area contributed by atoms with Gasteiger partial charge >= 0.3 is 0 Å². The molecule has 19 heavy (non-hydrogen) atoms. The minimum Gasteiger partial charge on any atom is -0.330 e. The minimum atomic E-state index is -0.345. The largest absolute Gasteiger partial charge is 0.330 e. The lowest BCUT2D eigenvalue weighted by Crippen LogP contribution is -2.31. The van der Waals surface area contributed by atoms with E-state index in [0.717, 1.165) is 25.9 Å². The first-order valence-corrected chi connectivity index (χ1v) is 6.65. The van der Waals surface area contributed by atoms with E-state index in [4.69, 9.17) is 5.73 Å². The lowest BCUT2D eigenvalue weighted by Gasteiger charge is -2.15. The molecule has 0 spiro atoms. The molecule has 1 saturated heterocycles. The van der Waals surface area contributed by atoms with E-state index < -0.39 is 0 Å². The monoisotopic (exact) mass is 265 g/mol. The van der Waals surface area contributed by atoms with Crippen molar-refractivity contribution < 1.29 is 9.18 Å². The van der Waals surface area contributed by atoms with Crippen LogP contribution in [0.15, 0.2) is 24.3 Å². The molecule has 1 unspecified atom stereocenters. The van der Waals surface area contributed by atoms with Crippen LogP contribution in [0.1, 0.15) is 12.8 Å². The van der Waals surface area contributed by atoms with Crippen molar-refractivity contribution in [3.8, 4) is 0 Å². The zero-order valence-corrected chi connectivity index (χ0v) is 10.9. The van der Waals surface area contributed by atoms with Gasteiger partial charge < -0.3 is 11.1 Å². The van der Waals surface area contributed by atoms with Gasteiger partial charge in [-0.1, -0.05) is 6.07 Å². The zero-order valence-electron chi connectivity index (χ0n) is 10.9. The topological polar surface area (TPSA) is 58.4 Å². The molecule has 0 saturated carbocycles. The van der Waals surface area contributed by atoms with Crippen molar-refractivity contribution in [1.82, 2.24) is 4.90 Å². The highest BCUT2D eigenvalue weighted by Crippen LogP contribution is 2.18. The number of carbonyl (C=O) groups is 1. The van der Waals surface area contributed by atoms with Crippen LogP contribution in [-0.4, -0.2) is 37.0 Å². The van der Waals surface area contributed by atoms with Crippen molar-refractivity contribution in [3.63, 3.8) is 0 Å². The molecule has 4 nitrogen and oxygen atoms in total. The smallest absolute Gasteiger partial charge is 0.238 e. The number of amides is 1. The molecule has 2 rings (SSSR count). The molecule has 1 amide bonds. The fourth-order valence-corrected chi connectivity index (χ4v) is 2.50. The zero-order chi connectivity index (χ0) is 13.7. The summed E-state index contributed by atoms with van der Waals surface area (Å²) < 4.78 is 13.0. The Bertz CT molecular complexity index is 438. The number of nitrogens with two attached hydrogens (primary N) is 1. The van der Waals surface area contributed by atoms with Crippen molar-refractivity contribution in [1.29, 1.82) is 0 Å². The summed E-state index contributed by atoms with van der Waals surface area (Å²) in [5.74, 6) is 0.160. The molecule has 1 atom stereocenters. The van der Waals surface area contributed by atoms with Gasteiger partial charge in [0.15, 0.2) is 0 Å². The number of nitrogens with zero attached hydrogens (tertiary/aromatic N) is 1. The van der Waals surface area contributed by atoms with E-state index in [9.17, 15) is 9.18 Å². The van der Waals surface area contributed by atoms with E-state index in [1.54, 1.807) is 12.1 Å². The highest BCUT2D eigenvalue weighted by molar-refractivity contribution is 5.92. The summed E-state index contributed by atoms with van der Waals surface area (Å²) in [5.41, 5.74) is 6.04. The lowest BCUT2D eigenvalue weighted by molar-refractivity contribution is -0.117. The second-order valence-corrected chi connectivity index (χ2v) is 5.03. The molecule has 0 radical (unpaired) electrons. The Kier molecular flexibility index (Phi) is 4.87. The summed E-state index contributed by atoms with van der Waals surface area (Å²) in [6, 6.07) is 5.94. The first kappa shape index (κ1) is 14.0. The van der Waals surface area contributed by atoms with Gasteiger partial charge in [0.1, 0.15) is 5.82 Å². The van der Waals surface area contributed by atoms with E-state index in [1.165, 1.54) is 12.1 Å². The summed E-state index contributed by atoms with van der Waals surface area (Å²) in [5, 5.41) is 2.71. The average Bonchev–Trinajstić information content (AvgIpc) is 2.77. The predicted molar refractivity (Wildman–Crippen MR) is 73.2 cm³/mol.